The molecule has 0 N–H and O–H groups in total. The summed E-state index contributed by atoms with van der Waals surface area (Å²) in [6.45, 7) is 0. The Morgan fingerprint density at radius 3 is 0.706 bits per heavy atom. The van der Waals surface area contributed by atoms with Gasteiger partial charge in [-0.05, 0) is 112 Å². The molecule has 9 fully saturated rings. The highest BCUT2D eigenvalue weighted by Crippen LogP contribution is 2.74. The Balaban J connectivity index is 0.861. The lowest BCUT2D eigenvalue weighted by atomic mass is 9.36. The lowest BCUT2D eigenvalue weighted by Crippen LogP contribution is -2.60. The zero-order chi connectivity index (χ0) is 34.0. The predicted octanol–water partition coefficient (Wildman–Crippen LogP) is 7.59. The van der Waals surface area contributed by atoms with E-state index in [-0.39, 0.29) is 32.5 Å². The van der Waals surface area contributed by atoms with Gasteiger partial charge in [0.15, 0.2) is 0 Å². The highest BCUT2D eigenvalue weighted by atomic mass is 14.7. The van der Waals surface area contributed by atoms with Crippen LogP contribution in [0.5, 0.6) is 0 Å². The summed E-state index contributed by atoms with van der Waals surface area (Å²) in [6, 6.07) is 18.3. The summed E-state index contributed by atoms with van der Waals surface area (Å²) in [4.78, 5) is 12.3. The number of pyridine rings is 3. The van der Waals surface area contributed by atoms with Crippen LogP contribution < -0.4 is 0 Å². The van der Waals surface area contributed by atoms with Gasteiger partial charge in [-0.2, -0.15) is 0 Å². The van der Waals surface area contributed by atoms with Crippen LogP contribution in [-0.4, -0.2) is 15.0 Å². The zero-order valence-electron chi connectivity index (χ0n) is 28.4. The number of hydrogen-bond donors (Lipinski definition) is 0. The standard InChI is InChI=1S/C48H33N3/c1(37-7-19-49-20-8-37)13-43-28-46(29-43,30-43)16-4-40-25-41(5-17-47-31-44(32-47,33-47)14-2-38-9-21-50-22-10-38)27-42(26-40)6-18-48-34-45(35-48,36-48)15-3-39-11-23-51-24-12-39/h7-12,19-27H,28-36H2. The van der Waals surface area contributed by atoms with Crippen LogP contribution in [0.1, 0.15) is 91.2 Å². The van der Waals surface area contributed by atoms with Crippen molar-refractivity contribution in [1.82, 2.24) is 15.0 Å². The van der Waals surface area contributed by atoms with Crippen molar-refractivity contribution in [2.24, 2.45) is 32.5 Å². The van der Waals surface area contributed by atoms with E-state index in [1.807, 2.05) is 36.4 Å². The van der Waals surface area contributed by atoms with Gasteiger partial charge in [0.1, 0.15) is 0 Å². The van der Waals surface area contributed by atoms with Crippen molar-refractivity contribution >= 4 is 0 Å². The lowest BCUT2D eigenvalue weighted by molar-refractivity contribution is -0.113. The Bertz CT molecular complexity index is 2160. The van der Waals surface area contributed by atoms with E-state index in [0.717, 1.165) is 91.2 Å². The summed E-state index contributed by atoms with van der Waals surface area (Å²) in [6.07, 6.45) is 20.3. The fourth-order valence-electron chi connectivity index (χ4n) is 9.54. The van der Waals surface area contributed by atoms with Crippen LogP contribution in [0.3, 0.4) is 0 Å². The molecule has 240 valence electrons. The van der Waals surface area contributed by atoms with Crippen LogP contribution in [-0.2, 0) is 0 Å². The number of aromatic nitrogens is 3. The molecule has 9 aliphatic rings. The van der Waals surface area contributed by atoms with Crippen LogP contribution in [0, 0.1) is 104 Å². The Hall–Kier alpha value is -5.97. The topological polar surface area (TPSA) is 38.7 Å². The molecular weight excluding hydrogens is 619 g/mol. The van der Waals surface area contributed by atoms with Crippen molar-refractivity contribution in [3.8, 4) is 71.0 Å². The van der Waals surface area contributed by atoms with Crippen molar-refractivity contribution in [2.75, 3.05) is 0 Å². The van der Waals surface area contributed by atoms with Gasteiger partial charge in [0, 0.05) is 103 Å². The fraction of sp³-hybridized carbons (Fsp3) is 0.312. The van der Waals surface area contributed by atoms with E-state index in [4.69, 9.17) is 0 Å². The van der Waals surface area contributed by atoms with Gasteiger partial charge in [0.25, 0.3) is 0 Å². The Kier molecular flexibility index (Phi) is 6.31. The average Bonchev–Trinajstić information content (AvgIpc) is 3.05. The molecule has 0 aliphatic heterocycles. The second-order valence-electron chi connectivity index (χ2n) is 16.3. The third kappa shape index (κ3) is 5.40. The van der Waals surface area contributed by atoms with E-state index in [9.17, 15) is 0 Å². The van der Waals surface area contributed by atoms with E-state index >= 15 is 0 Å². The molecule has 9 saturated carbocycles. The molecule has 4 aromatic rings. The molecule has 13 rings (SSSR count). The molecular formula is C48H33N3. The first-order valence-electron chi connectivity index (χ1n) is 17.9. The molecule has 0 spiro atoms. The first-order chi connectivity index (χ1) is 24.8. The van der Waals surface area contributed by atoms with Gasteiger partial charge in [-0.1, -0.05) is 71.0 Å². The average molecular weight is 652 g/mol. The van der Waals surface area contributed by atoms with Crippen molar-refractivity contribution < 1.29 is 0 Å². The number of benzene rings is 1. The third-order valence-corrected chi connectivity index (χ3v) is 11.9. The quantitative estimate of drug-likeness (QED) is 0.184. The second-order valence-corrected chi connectivity index (χ2v) is 16.3. The minimum Gasteiger partial charge on any atom is -0.265 e. The Morgan fingerprint density at radius 1 is 0.294 bits per heavy atom. The predicted molar refractivity (Wildman–Crippen MR) is 197 cm³/mol. The first kappa shape index (κ1) is 29.9. The number of nitrogens with zero attached hydrogens (tertiary/aromatic N) is 3. The molecule has 3 heterocycles. The molecule has 3 nitrogen and oxygen atoms in total. The summed E-state index contributed by atoms with van der Waals surface area (Å²) in [5, 5.41) is 0. The van der Waals surface area contributed by atoms with Crippen LogP contribution in [0.4, 0.5) is 0 Å². The maximum Gasteiger partial charge on any atom is 0.0361 e. The minimum absolute atomic E-state index is 0.0926. The van der Waals surface area contributed by atoms with Crippen LogP contribution in [0.15, 0.2) is 91.8 Å². The van der Waals surface area contributed by atoms with Crippen LogP contribution in [0.2, 0.25) is 0 Å². The summed E-state index contributed by atoms with van der Waals surface area (Å²) in [7, 11) is 0. The first-order valence-corrected chi connectivity index (χ1v) is 17.9. The minimum atomic E-state index is 0.0926. The molecule has 0 unspecified atom stereocenters. The van der Waals surface area contributed by atoms with Gasteiger partial charge in [-0.15, -0.1) is 0 Å². The molecule has 0 atom stereocenters. The summed E-state index contributed by atoms with van der Waals surface area (Å²) < 4.78 is 0. The van der Waals surface area contributed by atoms with Gasteiger partial charge in [-0.25, -0.2) is 0 Å². The largest absolute Gasteiger partial charge is 0.265 e. The maximum absolute atomic E-state index is 4.10. The van der Waals surface area contributed by atoms with Crippen LogP contribution >= 0.6 is 0 Å². The highest BCUT2D eigenvalue weighted by Gasteiger charge is 2.68. The van der Waals surface area contributed by atoms with E-state index in [0.29, 0.717) is 0 Å². The summed E-state index contributed by atoms with van der Waals surface area (Å²) >= 11 is 0. The van der Waals surface area contributed by atoms with Gasteiger partial charge >= 0.3 is 0 Å². The fourth-order valence-corrected chi connectivity index (χ4v) is 9.54. The molecule has 1 aromatic carbocycles. The zero-order valence-corrected chi connectivity index (χ0v) is 28.4. The van der Waals surface area contributed by atoms with E-state index in [2.05, 4.69) is 104 Å². The molecule has 0 radical (unpaired) electrons. The van der Waals surface area contributed by atoms with Gasteiger partial charge in [0.2, 0.25) is 0 Å². The van der Waals surface area contributed by atoms with Crippen molar-refractivity contribution in [1.29, 1.82) is 0 Å². The Morgan fingerprint density at radius 2 is 0.490 bits per heavy atom. The smallest absolute Gasteiger partial charge is 0.0361 e. The van der Waals surface area contributed by atoms with E-state index < -0.39 is 0 Å². The molecule has 0 amide bonds. The lowest BCUT2D eigenvalue weighted by Gasteiger charge is -2.65. The summed E-state index contributed by atoms with van der Waals surface area (Å²) in [5.74, 6) is 42.4. The van der Waals surface area contributed by atoms with Gasteiger partial charge in [-0.3, -0.25) is 15.0 Å². The van der Waals surface area contributed by atoms with Gasteiger partial charge < -0.3 is 0 Å². The molecule has 3 heteroatoms. The van der Waals surface area contributed by atoms with Gasteiger partial charge in [0.05, 0.1) is 0 Å². The Labute approximate surface area is 300 Å². The van der Waals surface area contributed by atoms with Crippen LogP contribution in [0.25, 0.3) is 0 Å². The number of rotatable bonds is 0. The molecule has 3 aromatic heterocycles. The van der Waals surface area contributed by atoms with Crippen molar-refractivity contribution in [2.45, 2.75) is 57.8 Å². The normalized spacial score (nSPS) is 32.7. The molecule has 6 bridgehead atoms. The van der Waals surface area contributed by atoms with Crippen molar-refractivity contribution in [3.63, 3.8) is 0 Å². The summed E-state index contributed by atoms with van der Waals surface area (Å²) in [5.41, 5.74) is 6.77. The number of hydrogen-bond acceptors (Lipinski definition) is 3. The molecule has 51 heavy (non-hydrogen) atoms. The van der Waals surface area contributed by atoms with Crippen molar-refractivity contribution in [3.05, 3.63) is 125 Å². The molecule has 0 saturated heterocycles. The highest BCUT2D eigenvalue weighted by molar-refractivity contribution is 5.55. The van der Waals surface area contributed by atoms with E-state index in [1.165, 1.54) is 0 Å². The SMILES string of the molecule is C(#CC12CC(C#Cc3cc(C#CC45CC(C#Cc6ccncc6)(C4)C5)cc(C#CC45CC(C#Cc6ccncc6)(C4)C5)c3)(C1)C2)c1ccncc1. The monoisotopic (exact) mass is 651 g/mol. The molecule has 9 aliphatic carbocycles. The maximum atomic E-state index is 4.10. The van der Waals surface area contributed by atoms with E-state index in [1.54, 1.807) is 37.2 Å². The second kappa shape index (κ2) is 10.8. The third-order valence-electron chi connectivity index (χ3n) is 11.9.